The van der Waals surface area contributed by atoms with Gasteiger partial charge in [-0.15, -0.1) is 10.2 Å². The number of imidazole rings is 1. The van der Waals surface area contributed by atoms with Gasteiger partial charge in [-0.3, -0.25) is 14.5 Å². The summed E-state index contributed by atoms with van der Waals surface area (Å²) in [5.41, 5.74) is 4.05. The maximum Gasteiger partial charge on any atom is 0.328 e. The van der Waals surface area contributed by atoms with Crippen LogP contribution in [0.1, 0.15) is 12.5 Å². The third-order valence-corrected chi connectivity index (χ3v) is 5.83. The van der Waals surface area contributed by atoms with Gasteiger partial charge in [0.05, 0.1) is 16.8 Å². The predicted molar refractivity (Wildman–Crippen MR) is 118 cm³/mol. The Bertz CT molecular complexity index is 1380. The molecular formula is C21H19N7O2S. The van der Waals surface area contributed by atoms with Crippen LogP contribution in [-0.2, 0) is 11.3 Å². The van der Waals surface area contributed by atoms with Crippen molar-refractivity contribution in [1.29, 1.82) is 0 Å². The molecule has 0 unspecified atom stereocenters. The quantitative estimate of drug-likeness (QED) is 0.406. The SMILES string of the molecule is CCn1c2ccccc2n2c(SCC(=O)Nc3nc(-c4ccc(C)cc4)no3)nnc12. The van der Waals surface area contributed by atoms with E-state index in [0.29, 0.717) is 11.0 Å². The highest BCUT2D eigenvalue weighted by Crippen LogP contribution is 2.26. The van der Waals surface area contributed by atoms with Crippen LogP contribution < -0.4 is 5.32 Å². The van der Waals surface area contributed by atoms with Gasteiger partial charge in [0.15, 0.2) is 5.16 Å². The molecule has 0 aliphatic heterocycles. The lowest BCUT2D eigenvalue weighted by atomic mass is 10.1. The topological polar surface area (TPSA) is 103 Å². The van der Waals surface area contributed by atoms with Crippen molar-refractivity contribution in [3.63, 3.8) is 0 Å². The molecule has 5 aromatic rings. The minimum absolute atomic E-state index is 0.0650. The number of hydrogen-bond donors (Lipinski definition) is 1. The van der Waals surface area contributed by atoms with Crippen molar-refractivity contribution in [2.24, 2.45) is 0 Å². The fourth-order valence-electron chi connectivity index (χ4n) is 3.42. The van der Waals surface area contributed by atoms with E-state index in [4.69, 9.17) is 4.52 Å². The Kier molecular flexibility index (Phi) is 4.91. The van der Waals surface area contributed by atoms with Crippen molar-refractivity contribution >= 4 is 40.5 Å². The number of benzene rings is 2. The van der Waals surface area contributed by atoms with Gasteiger partial charge in [0, 0.05) is 12.1 Å². The maximum absolute atomic E-state index is 12.4. The van der Waals surface area contributed by atoms with Gasteiger partial charge in [-0.1, -0.05) is 58.9 Å². The number of fused-ring (bicyclic) bond motifs is 3. The van der Waals surface area contributed by atoms with E-state index >= 15 is 0 Å². The molecular weight excluding hydrogens is 414 g/mol. The summed E-state index contributed by atoms with van der Waals surface area (Å²) in [5.74, 6) is 1.05. The molecule has 156 valence electrons. The van der Waals surface area contributed by atoms with Crippen LogP contribution in [-0.4, -0.2) is 41.0 Å². The predicted octanol–water partition coefficient (Wildman–Crippen LogP) is 3.79. The van der Waals surface area contributed by atoms with Gasteiger partial charge in [-0.2, -0.15) is 4.98 Å². The summed E-state index contributed by atoms with van der Waals surface area (Å²) < 4.78 is 9.23. The number of carbonyl (C=O) groups excluding carboxylic acids is 1. The van der Waals surface area contributed by atoms with Gasteiger partial charge in [0.2, 0.25) is 17.5 Å². The van der Waals surface area contributed by atoms with Crippen LogP contribution >= 0.6 is 11.8 Å². The van der Waals surface area contributed by atoms with E-state index in [9.17, 15) is 4.79 Å². The van der Waals surface area contributed by atoms with Crippen LogP contribution in [0.5, 0.6) is 0 Å². The standard InChI is InChI=1S/C21H19N7O2S/c1-3-27-15-6-4-5-7-16(15)28-20(27)24-25-21(28)31-12-17(29)22-19-23-18(26-30-19)14-10-8-13(2)9-11-14/h4-11H,3,12H2,1-2H3,(H,22,23,26,29). The highest BCUT2D eigenvalue weighted by molar-refractivity contribution is 7.99. The number of rotatable bonds is 6. The van der Waals surface area contributed by atoms with Crippen molar-refractivity contribution in [3.8, 4) is 11.4 Å². The zero-order chi connectivity index (χ0) is 21.4. The van der Waals surface area contributed by atoms with E-state index in [1.807, 2.05) is 53.8 Å². The van der Waals surface area contributed by atoms with E-state index < -0.39 is 0 Å². The number of nitrogens with one attached hydrogen (secondary N) is 1. The normalized spacial score (nSPS) is 11.4. The minimum atomic E-state index is -0.264. The first-order valence-electron chi connectivity index (χ1n) is 9.80. The van der Waals surface area contributed by atoms with Crippen molar-refractivity contribution in [2.45, 2.75) is 25.5 Å². The Hall–Kier alpha value is -3.66. The highest BCUT2D eigenvalue weighted by Gasteiger charge is 2.18. The summed E-state index contributed by atoms with van der Waals surface area (Å²) in [4.78, 5) is 16.7. The highest BCUT2D eigenvalue weighted by atomic mass is 32.2. The Morgan fingerprint density at radius 1 is 1.10 bits per heavy atom. The fourth-order valence-corrected chi connectivity index (χ4v) is 4.16. The number of nitrogens with zero attached hydrogens (tertiary/aromatic N) is 6. The number of aryl methyl sites for hydroxylation is 2. The smallest absolute Gasteiger partial charge is 0.315 e. The number of thioether (sulfide) groups is 1. The second-order valence-electron chi connectivity index (χ2n) is 6.98. The summed E-state index contributed by atoms with van der Waals surface area (Å²) in [6.45, 7) is 4.85. The van der Waals surface area contributed by atoms with Gasteiger partial charge in [0.25, 0.3) is 0 Å². The Labute approximate surface area is 181 Å². The van der Waals surface area contributed by atoms with Gasteiger partial charge in [-0.25, -0.2) is 0 Å². The molecule has 0 atom stereocenters. The molecule has 1 amide bonds. The third-order valence-electron chi connectivity index (χ3n) is 4.90. The van der Waals surface area contributed by atoms with E-state index in [1.165, 1.54) is 11.8 Å². The average Bonchev–Trinajstić information content (AvgIpc) is 3.48. The maximum atomic E-state index is 12.4. The molecule has 0 radical (unpaired) electrons. The van der Waals surface area contributed by atoms with Crippen molar-refractivity contribution in [3.05, 3.63) is 54.1 Å². The van der Waals surface area contributed by atoms with E-state index in [0.717, 1.165) is 34.5 Å². The molecule has 0 aliphatic carbocycles. The third kappa shape index (κ3) is 3.55. The summed E-state index contributed by atoms with van der Waals surface area (Å²) in [6, 6.07) is 15.9. The molecule has 3 heterocycles. The molecule has 0 saturated carbocycles. The first kappa shape index (κ1) is 19.3. The molecule has 0 spiro atoms. The van der Waals surface area contributed by atoms with Gasteiger partial charge < -0.3 is 9.09 Å². The number of anilines is 1. The zero-order valence-electron chi connectivity index (χ0n) is 16.9. The minimum Gasteiger partial charge on any atom is -0.315 e. The van der Waals surface area contributed by atoms with Crippen LogP contribution in [0, 0.1) is 6.92 Å². The van der Waals surface area contributed by atoms with Crippen molar-refractivity contribution in [2.75, 3.05) is 11.1 Å². The van der Waals surface area contributed by atoms with Crippen molar-refractivity contribution in [1.82, 2.24) is 29.3 Å². The van der Waals surface area contributed by atoms with Gasteiger partial charge in [0.1, 0.15) is 0 Å². The van der Waals surface area contributed by atoms with E-state index in [1.54, 1.807) is 0 Å². The molecule has 31 heavy (non-hydrogen) atoms. The largest absolute Gasteiger partial charge is 0.328 e. The second kappa shape index (κ2) is 7.88. The molecule has 2 aromatic carbocycles. The van der Waals surface area contributed by atoms with E-state index in [-0.39, 0.29) is 17.7 Å². The van der Waals surface area contributed by atoms with Crippen LogP contribution in [0.15, 0.2) is 58.2 Å². The fraction of sp³-hybridized carbons (Fsp3) is 0.190. The van der Waals surface area contributed by atoms with Crippen LogP contribution in [0.4, 0.5) is 6.01 Å². The number of hydrogen-bond acceptors (Lipinski definition) is 7. The molecule has 0 saturated heterocycles. The lowest BCUT2D eigenvalue weighted by Crippen LogP contribution is -2.14. The number of amides is 1. The Balaban J connectivity index is 1.30. The molecule has 0 aliphatic rings. The lowest BCUT2D eigenvalue weighted by molar-refractivity contribution is -0.114. The Morgan fingerprint density at radius 2 is 1.87 bits per heavy atom. The monoisotopic (exact) mass is 433 g/mol. The molecule has 9 nitrogen and oxygen atoms in total. The van der Waals surface area contributed by atoms with Crippen molar-refractivity contribution < 1.29 is 9.32 Å². The average molecular weight is 433 g/mol. The van der Waals surface area contributed by atoms with Crippen LogP contribution in [0.2, 0.25) is 0 Å². The second-order valence-corrected chi connectivity index (χ2v) is 7.92. The summed E-state index contributed by atoms with van der Waals surface area (Å²) in [5, 5.41) is 15.8. The number of carbonyl (C=O) groups is 1. The first-order valence-corrected chi connectivity index (χ1v) is 10.8. The lowest BCUT2D eigenvalue weighted by Gasteiger charge is -1.99. The molecule has 3 aromatic heterocycles. The van der Waals surface area contributed by atoms with Crippen LogP contribution in [0.25, 0.3) is 28.2 Å². The summed E-state index contributed by atoms with van der Waals surface area (Å²) in [7, 11) is 0. The Morgan fingerprint density at radius 3 is 2.65 bits per heavy atom. The molecule has 0 fully saturated rings. The molecule has 5 rings (SSSR count). The van der Waals surface area contributed by atoms with E-state index in [2.05, 4.69) is 43.2 Å². The molecule has 10 heteroatoms. The molecule has 1 N–H and O–H groups in total. The first-order chi connectivity index (χ1) is 15.1. The number of para-hydroxylation sites is 2. The summed E-state index contributed by atoms with van der Waals surface area (Å²) >= 11 is 1.30. The zero-order valence-corrected chi connectivity index (χ0v) is 17.8. The summed E-state index contributed by atoms with van der Waals surface area (Å²) in [6.07, 6.45) is 0. The van der Waals surface area contributed by atoms with Gasteiger partial charge >= 0.3 is 6.01 Å². The van der Waals surface area contributed by atoms with Crippen LogP contribution in [0.3, 0.4) is 0 Å². The number of aromatic nitrogens is 6. The molecule has 0 bridgehead atoms. The van der Waals surface area contributed by atoms with Gasteiger partial charge in [-0.05, 0) is 26.0 Å².